The number of aliphatic hydroxyl groups is 3. The molecule has 0 aliphatic heterocycles. The molecule has 0 amide bonds. The van der Waals surface area contributed by atoms with Crippen LogP contribution in [0.25, 0.3) is 0 Å². The van der Waals surface area contributed by atoms with Gasteiger partial charge in [0.1, 0.15) is 0 Å². The normalized spacial score (nSPS) is 11.9. The maximum absolute atomic E-state index is 8.81. The third kappa shape index (κ3) is 21.7. The van der Waals surface area contributed by atoms with Crippen molar-refractivity contribution in [1.29, 1.82) is 0 Å². The number of unbranched alkanes of at least 4 members (excludes halogenated alkanes) is 9. The van der Waals surface area contributed by atoms with Gasteiger partial charge in [0, 0.05) is 33.0 Å². The monoisotopic (exact) mass is 388 g/mol. The van der Waals surface area contributed by atoms with Gasteiger partial charge in [-0.3, -0.25) is 0 Å². The fourth-order valence-corrected chi connectivity index (χ4v) is 2.84. The Labute approximate surface area is 166 Å². The Balaban J connectivity index is 3.83. The van der Waals surface area contributed by atoms with Gasteiger partial charge in [0.05, 0.1) is 0 Å². The first-order valence-corrected chi connectivity index (χ1v) is 11.1. The van der Waals surface area contributed by atoms with Crippen LogP contribution in [0.5, 0.6) is 0 Å². The summed E-state index contributed by atoms with van der Waals surface area (Å²) in [5.41, 5.74) is 0. The highest BCUT2D eigenvalue weighted by atomic mass is 16.7. The molecule has 5 heteroatoms. The zero-order valence-corrected chi connectivity index (χ0v) is 17.3. The zero-order chi connectivity index (χ0) is 19.8. The molecular formula is C22H44O5. The molecule has 0 aromatic carbocycles. The standard InChI is InChI=1S/C22H44O5/c23-17-11-5-3-1-2-4-10-16-22(26-20-14-8-6-12-18-24)27-21-15-9-7-13-19-25/h3,5,22-25H,1-2,4,6-21H2/b5-3+. The van der Waals surface area contributed by atoms with Crippen LogP contribution in [0.15, 0.2) is 12.2 Å². The Bertz CT molecular complexity index is 280. The second kappa shape index (κ2) is 23.6. The predicted molar refractivity (Wildman–Crippen MR) is 111 cm³/mol. The molecule has 0 radical (unpaired) electrons. The minimum Gasteiger partial charge on any atom is -0.396 e. The molecule has 0 aliphatic carbocycles. The fraction of sp³-hybridized carbons (Fsp3) is 0.909. The van der Waals surface area contributed by atoms with E-state index in [1.54, 1.807) is 0 Å². The number of allylic oxidation sites excluding steroid dienone is 1. The highest BCUT2D eigenvalue weighted by molar-refractivity contribution is 4.80. The molecule has 0 heterocycles. The second-order valence-electron chi connectivity index (χ2n) is 7.07. The van der Waals surface area contributed by atoms with Crippen LogP contribution in [-0.2, 0) is 9.47 Å². The van der Waals surface area contributed by atoms with Gasteiger partial charge in [-0.25, -0.2) is 0 Å². The molecule has 0 unspecified atom stereocenters. The van der Waals surface area contributed by atoms with Crippen LogP contribution in [0.2, 0.25) is 0 Å². The molecule has 0 bridgehead atoms. The first kappa shape index (κ1) is 26.5. The lowest BCUT2D eigenvalue weighted by molar-refractivity contribution is -0.148. The predicted octanol–water partition coefficient (Wildman–Crippen LogP) is 4.34. The smallest absolute Gasteiger partial charge is 0.157 e. The van der Waals surface area contributed by atoms with Crippen molar-refractivity contribution in [3.63, 3.8) is 0 Å². The number of rotatable bonds is 22. The van der Waals surface area contributed by atoms with Crippen molar-refractivity contribution >= 4 is 0 Å². The lowest BCUT2D eigenvalue weighted by atomic mass is 10.1. The van der Waals surface area contributed by atoms with Crippen LogP contribution in [0.1, 0.15) is 89.9 Å². The minimum atomic E-state index is -0.106. The van der Waals surface area contributed by atoms with Gasteiger partial charge >= 0.3 is 0 Å². The van der Waals surface area contributed by atoms with Gasteiger partial charge in [-0.15, -0.1) is 0 Å². The number of aliphatic hydroxyl groups excluding tert-OH is 3. The van der Waals surface area contributed by atoms with Crippen molar-refractivity contribution in [3.8, 4) is 0 Å². The van der Waals surface area contributed by atoms with Crippen molar-refractivity contribution in [1.82, 2.24) is 0 Å². The molecule has 0 aromatic rings. The highest BCUT2D eigenvalue weighted by Crippen LogP contribution is 2.12. The molecule has 5 nitrogen and oxygen atoms in total. The van der Waals surface area contributed by atoms with E-state index in [-0.39, 0.29) is 26.1 Å². The Morgan fingerprint density at radius 3 is 1.59 bits per heavy atom. The Morgan fingerprint density at radius 1 is 0.519 bits per heavy atom. The molecular weight excluding hydrogens is 344 g/mol. The van der Waals surface area contributed by atoms with Gasteiger partial charge in [-0.1, -0.05) is 44.3 Å². The molecule has 0 saturated heterocycles. The average Bonchev–Trinajstić information content (AvgIpc) is 2.68. The molecule has 0 aromatic heterocycles. The topological polar surface area (TPSA) is 79.2 Å². The van der Waals surface area contributed by atoms with E-state index < -0.39 is 0 Å². The van der Waals surface area contributed by atoms with E-state index in [1.807, 2.05) is 6.08 Å². The summed E-state index contributed by atoms with van der Waals surface area (Å²) >= 11 is 0. The lowest BCUT2D eigenvalue weighted by Crippen LogP contribution is -2.19. The lowest BCUT2D eigenvalue weighted by Gasteiger charge is -2.19. The molecule has 0 atom stereocenters. The largest absolute Gasteiger partial charge is 0.396 e. The van der Waals surface area contributed by atoms with Gasteiger partial charge in [0.25, 0.3) is 0 Å². The fourth-order valence-electron chi connectivity index (χ4n) is 2.84. The summed E-state index contributed by atoms with van der Waals surface area (Å²) in [4.78, 5) is 0. The van der Waals surface area contributed by atoms with E-state index in [0.29, 0.717) is 0 Å². The summed E-state index contributed by atoms with van der Waals surface area (Å²) in [6, 6.07) is 0. The molecule has 0 aliphatic rings. The second-order valence-corrected chi connectivity index (χ2v) is 7.07. The van der Waals surface area contributed by atoms with Crippen LogP contribution in [0, 0.1) is 0 Å². The van der Waals surface area contributed by atoms with E-state index >= 15 is 0 Å². The number of hydrogen-bond donors (Lipinski definition) is 3. The van der Waals surface area contributed by atoms with Crippen molar-refractivity contribution < 1.29 is 24.8 Å². The molecule has 162 valence electrons. The van der Waals surface area contributed by atoms with E-state index in [2.05, 4.69) is 6.08 Å². The molecule has 0 rings (SSSR count). The Kier molecular flexibility index (Phi) is 23.2. The third-order valence-corrected chi connectivity index (χ3v) is 4.49. The van der Waals surface area contributed by atoms with E-state index in [0.717, 1.165) is 96.7 Å². The quantitative estimate of drug-likeness (QED) is 0.146. The summed E-state index contributed by atoms with van der Waals surface area (Å²) < 4.78 is 11.9. The summed E-state index contributed by atoms with van der Waals surface area (Å²) in [6.07, 6.45) is 18.4. The number of ether oxygens (including phenoxy) is 2. The Hall–Kier alpha value is -0.460. The summed E-state index contributed by atoms with van der Waals surface area (Å²) in [5.74, 6) is 0. The van der Waals surface area contributed by atoms with Crippen LogP contribution in [0.4, 0.5) is 0 Å². The van der Waals surface area contributed by atoms with E-state index in [4.69, 9.17) is 24.8 Å². The summed E-state index contributed by atoms with van der Waals surface area (Å²) in [5, 5.41) is 26.3. The van der Waals surface area contributed by atoms with Crippen LogP contribution in [-0.4, -0.2) is 54.6 Å². The summed E-state index contributed by atoms with van der Waals surface area (Å²) in [6.45, 7) is 2.23. The third-order valence-electron chi connectivity index (χ3n) is 4.49. The van der Waals surface area contributed by atoms with Gasteiger partial charge in [-0.2, -0.15) is 0 Å². The molecule has 0 spiro atoms. The van der Waals surface area contributed by atoms with Crippen LogP contribution >= 0.6 is 0 Å². The van der Waals surface area contributed by atoms with Crippen molar-refractivity contribution in [2.45, 2.75) is 96.2 Å². The van der Waals surface area contributed by atoms with Crippen molar-refractivity contribution in [2.24, 2.45) is 0 Å². The SMILES string of the molecule is OCC/C=C/CCCCCC(OCCCCCCO)OCCCCCCO. The van der Waals surface area contributed by atoms with Crippen LogP contribution < -0.4 is 0 Å². The number of hydrogen-bond acceptors (Lipinski definition) is 5. The first-order valence-electron chi connectivity index (χ1n) is 11.1. The summed E-state index contributed by atoms with van der Waals surface area (Å²) in [7, 11) is 0. The highest BCUT2D eigenvalue weighted by Gasteiger charge is 2.09. The van der Waals surface area contributed by atoms with E-state index in [9.17, 15) is 0 Å². The van der Waals surface area contributed by atoms with E-state index in [1.165, 1.54) is 6.42 Å². The van der Waals surface area contributed by atoms with Gasteiger partial charge in [-0.05, 0) is 57.8 Å². The van der Waals surface area contributed by atoms with Gasteiger partial charge in [0.15, 0.2) is 6.29 Å². The molecule has 0 fully saturated rings. The van der Waals surface area contributed by atoms with Crippen molar-refractivity contribution in [2.75, 3.05) is 33.0 Å². The maximum Gasteiger partial charge on any atom is 0.157 e. The van der Waals surface area contributed by atoms with Crippen LogP contribution in [0.3, 0.4) is 0 Å². The maximum atomic E-state index is 8.81. The molecule has 3 N–H and O–H groups in total. The molecule has 27 heavy (non-hydrogen) atoms. The van der Waals surface area contributed by atoms with Gasteiger partial charge in [0.2, 0.25) is 0 Å². The Morgan fingerprint density at radius 2 is 1.04 bits per heavy atom. The zero-order valence-electron chi connectivity index (χ0n) is 17.3. The average molecular weight is 389 g/mol. The minimum absolute atomic E-state index is 0.106. The first-order chi connectivity index (χ1) is 13.3. The van der Waals surface area contributed by atoms with Crippen molar-refractivity contribution in [3.05, 3.63) is 12.2 Å². The molecule has 0 saturated carbocycles. The van der Waals surface area contributed by atoms with Gasteiger partial charge < -0.3 is 24.8 Å².